The quantitative estimate of drug-likeness (QED) is 0.190. The van der Waals surface area contributed by atoms with E-state index in [1.807, 2.05) is 54.9 Å². The Kier molecular flexibility index (Phi) is 7.27. The number of ether oxygens (including phenoxy) is 1. The van der Waals surface area contributed by atoms with Gasteiger partial charge in [0.05, 0.1) is 11.1 Å². The molecule has 0 radical (unpaired) electrons. The third-order valence-electron chi connectivity index (χ3n) is 10.6. The number of nitrogens with zero attached hydrogens (tertiary/aromatic N) is 2. The topological polar surface area (TPSA) is 76.3 Å². The Morgan fingerprint density at radius 2 is 1.19 bits per heavy atom. The molecule has 0 amide bonds. The SMILES string of the molecule is NC(/N=c1\[nH]cc(-c2ccccc2)cc1-c1ccccc1)c1cccc(-c2ccc3c(c2)C2(c4ccccc4Oc4ccccc42)c2ncccc2-3)c1. The van der Waals surface area contributed by atoms with Crippen LogP contribution in [-0.2, 0) is 5.41 Å². The number of benzene rings is 6. The summed E-state index contributed by atoms with van der Waals surface area (Å²) in [6, 6.07) is 59.0. The highest BCUT2D eigenvalue weighted by Gasteiger charge is 2.52. The molecule has 1 aliphatic carbocycles. The van der Waals surface area contributed by atoms with E-state index >= 15 is 0 Å². The average Bonchev–Trinajstić information content (AvgIpc) is 3.51. The molecule has 1 aliphatic heterocycles. The second kappa shape index (κ2) is 12.4. The summed E-state index contributed by atoms with van der Waals surface area (Å²) < 4.78 is 6.51. The second-order valence-electron chi connectivity index (χ2n) is 13.6. The standard InChI is InChI=1S/C48H34N4O/c49-46(52-47-39(32-15-5-2-6-16-32)28-36(30-51-47)31-13-3-1-4-14-31)35-18-11-17-33(27-35)34-24-25-37-38-19-12-26-50-45(38)48(42(37)29-34)40-20-7-9-22-43(40)53-44-23-10-8-21-41(44)48/h1-30,46H,49H2,(H,51,52). The summed E-state index contributed by atoms with van der Waals surface area (Å²) in [6.45, 7) is 0. The summed E-state index contributed by atoms with van der Waals surface area (Å²) in [5.41, 5.74) is 21.1. The maximum atomic E-state index is 6.93. The van der Waals surface area contributed by atoms with Crippen LogP contribution in [0.4, 0.5) is 0 Å². The molecular formula is C48H34N4O. The molecule has 8 aromatic rings. The summed E-state index contributed by atoms with van der Waals surface area (Å²) in [7, 11) is 0. The summed E-state index contributed by atoms with van der Waals surface area (Å²) in [6.07, 6.45) is 3.31. The zero-order valence-electron chi connectivity index (χ0n) is 28.8. The first-order valence-electron chi connectivity index (χ1n) is 17.9. The fourth-order valence-corrected chi connectivity index (χ4v) is 8.20. The summed E-state index contributed by atoms with van der Waals surface area (Å²) in [5.74, 6) is 1.69. The maximum Gasteiger partial charge on any atom is 0.135 e. The van der Waals surface area contributed by atoms with E-state index in [4.69, 9.17) is 20.4 Å². The molecule has 5 heteroatoms. The summed E-state index contributed by atoms with van der Waals surface area (Å²) >= 11 is 0. The van der Waals surface area contributed by atoms with Gasteiger partial charge in [-0.25, -0.2) is 4.99 Å². The molecule has 3 heterocycles. The molecule has 6 aromatic carbocycles. The van der Waals surface area contributed by atoms with Crippen LogP contribution in [0.3, 0.4) is 0 Å². The summed E-state index contributed by atoms with van der Waals surface area (Å²) in [5, 5.41) is 0. The van der Waals surface area contributed by atoms with Crippen LogP contribution in [-0.4, -0.2) is 9.97 Å². The van der Waals surface area contributed by atoms with E-state index in [2.05, 4.69) is 132 Å². The van der Waals surface area contributed by atoms with E-state index in [0.29, 0.717) is 0 Å². The second-order valence-corrected chi connectivity index (χ2v) is 13.6. The number of rotatable bonds is 5. The number of H-pyrrole nitrogens is 1. The normalized spacial score (nSPS) is 14.1. The molecular weight excluding hydrogens is 649 g/mol. The van der Waals surface area contributed by atoms with Crippen molar-refractivity contribution >= 4 is 0 Å². The van der Waals surface area contributed by atoms with Gasteiger partial charge in [0.2, 0.25) is 0 Å². The number of aromatic amines is 1. The number of hydrogen-bond acceptors (Lipinski definition) is 4. The lowest BCUT2D eigenvalue weighted by Gasteiger charge is -2.38. The van der Waals surface area contributed by atoms with E-state index in [9.17, 15) is 0 Å². The van der Waals surface area contributed by atoms with Crippen LogP contribution in [0, 0.1) is 0 Å². The lowest BCUT2D eigenvalue weighted by Crippen LogP contribution is -2.33. The molecule has 10 rings (SSSR count). The van der Waals surface area contributed by atoms with Gasteiger partial charge in [0.15, 0.2) is 0 Å². The number of nitrogens with two attached hydrogens (primary N) is 1. The van der Waals surface area contributed by atoms with Crippen molar-refractivity contribution in [3.63, 3.8) is 0 Å². The van der Waals surface area contributed by atoms with Crippen molar-refractivity contribution < 1.29 is 4.74 Å². The zero-order valence-corrected chi connectivity index (χ0v) is 28.8. The minimum atomic E-state index is -0.633. The monoisotopic (exact) mass is 682 g/mol. The molecule has 2 aliphatic rings. The van der Waals surface area contributed by atoms with E-state index in [-0.39, 0.29) is 0 Å². The van der Waals surface area contributed by atoms with Crippen molar-refractivity contribution in [2.24, 2.45) is 10.7 Å². The van der Waals surface area contributed by atoms with Gasteiger partial charge in [0.25, 0.3) is 0 Å². The third kappa shape index (κ3) is 4.97. The van der Waals surface area contributed by atoms with E-state index in [1.54, 1.807) is 0 Å². The molecule has 1 unspecified atom stereocenters. The van der Waals surface area contributed by atoms with Gasteiger partial charge >= 0.3 is 0 Å². The van der Waals surface area contributed by atoms with Crippen molar-refractivity contribution in [2.75, 3.05) is 0 Å². The number of fused-ring (bicyclic) bond motifs is 9. The van der Waals surface area contributed by atoms with Gasteiger partial charge in [0, 0.05) is 34.6 Å². The molecule has 1 atom stereocenters. The Morgan fingerprint density at radius 3 is 1.94 bits per heavy atom. The van der Waals surface area contributed by atoms with Gasteiger partial charge < -0.3 is 15.5 Å². The molecule has 1 spiro atoms. The highest BCUT2D eigenvalue weighted by molar-refractivity contribution is 5.89. The van der Waals surface area contributed by atoms with Crippen LogP contribution >= 0.6 is 0 Å². The van der Waals surface area contributed by atoms with Crippen molar-refractivity contribution in [3.05, 3.63) is 216 Å². The first-order chi connectivity index (χ1) is 26.2. The fraction of sp³-hybridized carbons (Fsp3) is 0.0417. The molecule has 0 saturated heterocycles. The van der Waals surface area contributed by atoms with Gasteiger partial charge in [-0.1, -0.05) is 133 Å². The smallest absolute Gasteiger partial charge is 0.135 e. The molecule has 3 N–H and O–H groups in total. The van der Waals surface area contributed by atoms with Crippen molar-refractivity contribution in [2.45, 2.75) is 11.6 Å². The van der Waals surface area contributed by atoms with Crippen molar-refractivity contribution in [1.82, 2.24) is 9.97 Å². The predicted molar refractivity (Wildman–Crippen MR) is 211 cm³/mol. The average molecular weight is 683 g/mol. The van der Waals surface area contributed by atoms with E-state index < -0.39 is 11.6 Å². The number of para-hydroxylation sites is 2. The Hall–Kier alpha value is -6.82. The van der Waals surface area contributed by atoms with Crippen molar-refractivity contribution in [3.8, 4) is 56.0 Å². The first-order valence-corrected chi connectivity index (χ1v) is 17.9. The number of nitrogens with one attached hydrogen (secondary N) is 1. The van der Waals surface area contributed by atoms with Crippen LogP contribution in [0.2, 0.25) is 0 Å². The molecule has 0 saturated carbocycles. The Morgan fingerprint density at radius 1 is 0.528 bits per heavy atom. The highest BCUT2D eigenvalue weighted by Crippen LogP contribution is 2.61. The lowest BCUT2D eigenvalue weighted by molar-refractivity contribution is 0.434. The van der Waals surface area contributed by atoms with E-state index in [1.165, 1.54) is 11.1 Å². The minimum absolute atomic E-state index is 0.597. The van der Waals surface area contributed by atoms with Crippen LogP contribution in [0.15, 0.2) is 187 Å². The number of pyridine rings is 2. The molecule has 5 nitrogen and oxygen atoms in total. The number of aromatic nitrogens is 2. The Labute approximate surface area is 307 Å². The van der Waals surface area contributed by atoms with Crippen LogP contribution < -0.4 is 16.0 Å². The lowest BCUT2D eigenvalue weighted by atomic mass is 9.67. The van der Waals surface area contributed by atoms with Gasteiger partial charge in [-0.05, 0) is 80.9 Å². The predicted octanol–water partition coefficient (Wildman–Crippen LogP) is 10.4. The highest BCUT2D eigenvalue weighted by atomic mass is 16.5. The van der Waals surface area contributed by atoms with Gasteiger partial charge in [-0.2, -0.15) is 0 Å². The van der Waals surface area contributed by atoms with Crippen LogP contribution in [0.1, 0.15) is 34.1 Å². The third-order valence-corrected chi connectivity index (χ3v) is 10.6. The molecule has 252 valence electrons. The first kappa shape index (κ1) is 31.0. The van der Waals surface area contributed by atoms with Gasteiger partial charge in [-0.15, -0.1) is 0 Å². The zero-order chi connectivity index (χ0) is 35.4. The van der Waals surface area contributed by atoms with Gasteiger partial charge in [-0.3, -0.25) is 4.98 Å². The summed E-state index contributed by atoms with van der Waals surface area (Å²) in [4.78, 5) is 13.6. The van der Waals surface area contributed by atoms with Crippen LogP contribution in [0.5, 0.6) is 11.5 Å². The fourth-order valence-electron chi connectivity index (χ4n) is 8.20. The van der Waals surface area contributed by atoms with Crippen molar-refractivity contribution in [1.29, 1.82) is 0 Å². The number of hydrogen-bond donors (Lipinski definition) is 2. The Bertz CT molecular complexity index is 2690. The maximum absolute atomic E-state index is 6.93. The molecule has 53 heavy (non-hydrogen) atoms. The van der Waals surface area contributed by atoms with Crippen LogP contribution in [0.25, 0.3) is 44.5 Å². The largest absolute Gasteiger partial charge is 0.457 e. The Balaban J connectivity index is 1.09. The molecule has 0 fully saturated rings. The van der Waals surface area contributed by atoms with E-state index in [0.717, 1.165) is 78.3 Å². The molecule has 0 bridgehead atoms. The van der Waals surface area contributed by atoms with Gasteiger partial charge in [0.1, 0.15) is 23.2 Å². The minimum Gasteiger partial charge on any atom is -0.457 e. The molecule has 2 aromatic heterocycles.